The summed E-state index contributed by atoms with van der Waals surface area (Å²) in [5.74, 6) is 0.550. The van der Waals surface area contributed by atoms with E-state index in [2.05, 4.69) is 10.3 Å². The van der Waals surface area contributed by atoms with Crippen LogP contribution >= 0.6 is 0 Å². The van der Waals surface area contributed by atoms with E-state index in [0.29, 0.717) is 12.3 Å². The highest BCUT2D eigenvalue weighted by Gasteiger charge is 2.54. The van der Waals surface area contributed by atoms with Crippen molar-refractivity contribution in [3.63, 3.8) is 0 Å². The molecule has 0 bridgehead atoms. The molecule has 1 aromatic heterocycles. The molecule has 6 nitrogen and oxygen atoms in total. The maximum atomic E-state index is 12.2. The zero-order chi connectivity index (χ0) is 15.0. The Morgan fingerprint density at radius 1 is 1.33 bits per heavy atom. The SMILES string of the molecule is COc1cc(C)nc(CN2C(=O)NC(=O)C23CCCC3)c1. The van der Waals surface area contributed by atoms with Crippen LogP contribution in [0.2, 0.25) is 0 Å². The van der Waals surface area contributed by atoms with Gasteiger partial charge in [-0.05, 0) is 19.8 Å². The van der Waals surface area contributed by atoms with Crippen molar-refractivity contribution in [2.24, 2.45) is 0 Å². The number of carbonyl (C=O) groups excluding carboxylic acids is 2. The molecule has 3 rings (SSSR count). The second-order valence-electron chi connectivity index (χ2n) is 5.72. The highest BCUT2D eigenvalue weighted by atomic mass is 16.5. The number of aryl methyl sites for hydroxylation is 1. The van der Waals surface area contributed by atoms with Crippen LogP contribution in [0.15, 0.2) is 12.1 Å². The molecule has 1 aliphatic carbocycles. The van der Waals surface area contributed by atoms with Gasteiger partial charge < -0.3 is 9.64 Å². The summed E-state index contributed by atoms with van der Waals surface area (Å²) in [6.07, 6.45) is 3.41. The quantitative estimate of drug-likeness (QED) is 0.861. The van der Waals surface area contributed by atoms with Crippen LogP contribution in [0.1, 0.15) is 37.1 Å². The molecule has 0 radical (unpaired) electrons. The van der Waals surface area contributed by atoms with Gasteiger partial charge in [0.05, 0.1) is 19.3 Å². The molecule has 1 N–H and O–H groups in total. The van der Waals surface area contributed by atoms with E-state index in [-0.39, 0.29) is 11.9 Å². The first-order chi connectivity index (χ1) is 10.0. The van der Waals surface area contributed by atoms with Crippen molar-refractivity contribution in [1.82, 2.24) is 15.2 Å². The maximum Gasteiger partial charge on any atom is 0.325 e. The van der Waals surface area contributed by atoms with Gasteiger partial charge in [0.25, 0.3) is 5.91 Å². The van der Waals surface area contributed by atoms with Crippen LogP contribution in [0.4, 0.5) is 4.79 Å². The Labute approximate surface area is 123 Å². The fourth-order valence-electron chi connectivity index (χ4n) is 3.34. The normalized spacial score (nSPS) is 20.2. The number of pyridine rings is 1. The van der Waals surface area contributed by atoms with Gasteiger partial charge in [-0.3, -0.25) is 15.1 Å². The standard InChI is InChI=1S/C15H19N3O3/c1-10-7-12(21-2)8-11(16-10)9-18-14(20)17-13(19)15(18)5-3-4-6-15/h7-8H,3-6,9H2,1-2H3,(H,17,19,20). The third kappa shape index (κ3) is 2.24. The minimum atomic E-state index is -0.671. The lowest BCUT2D eigenvalue weighted by atomic mass is 9.96. The fourth-order valence-corrected chi connectivity index (χ4v) is 3.34. The molecule has 0 aromatic carbocycles. The third-order valence-corrected chi connectivity index (χ3v) is 4.37. The van der Waals surface area contributed by atoms with Crippen molar-refractivity contribution in [1.29, 1.82) is 0 Å². The van der Waals surface area contributed by atoms with Gasteiger partial charge in [-0.25, -0.2) is 4.79 Å². The average molecular weight is 289 g/mol. The summed E-state index contributed by atoms with van der Waals surface area (Å²) < 4.78 is 5.24. The number of amides is 3. The van der Waals surface area contributed by atoms with Crippen molar-refractivity contribution in [2.45, 2.75) is 44.7 Å². The van der Waals surface area contributed by atoms with Crippen molar-refractivity contribution >= 4 is 11.9 Å². The smallest absolute Gasteiger partial charge is 0.325 e. The first-order valence-corrected chi connectivity index (χ1v) is 7.20. The summed E-state index contributed by atoms with van der Waals surface area (Å²) in [5, 5.41) is 2.45. The summed E-state index contributed by atoms with van der Waals surface area (Å²) in [7, 11) is 1.60. The number of hydrogen-bond donors (Lipinski definition) is 1. The number of aromatic nitrogens is 1. The molecule has 1 aliphatic heterocycles. The molecule has 6 heteroatoms. The molecule has 2 heterocycles. The molecule has 2 aliphatic rings. The Morgan fingerprint density at radius 2 is 2.05 bits per heavy atom. The fraction of sp³-hybridized carbons (Fsp3) is 0.533. The molecule has 21 heavy (non-hydrogen) atoms. The van der Waals surface area contributed by atoms with Gasteiger partial charge in [-0.2, -0.15) is 0 Å². The van der Waals surface area contributed by atoms with Crippen LogP contribution in [0, 0.1) is 6.92 Å². The number of imide groups is 1. The molecule has 0 atom stereocenters. The van der Waals surface area contributed by atoms with E-state index in [4.69, 9.17) is 4.74 Å². The van der Waals surface area contributed by atoms with Crippen molar-refractivity contribution in [3.8, 4) is 5.75 Å². The maximum absolute atomic E-state index is 12.2. The molecule has 0 unspecified atom stereocenters. The minimum Gasteiger partial charge on any atom is -0.497 e. The highest BCUT2D eigenvalue weighted by molar-refractivity contribution is 6.07. The Balaban J connectivity index is 1.91. The van der Waals surface area contributed by atoms with Gasteiger partial charge >= 0.3 is 6.03 Å². The van der Waals surface area contributed by atoms with E-state index < -0.39 is 5.54 Å². The van der Waals surface area contributed by atoms with E-state index in [1.54, 1.807) is 12.0 Å². The van der Waals surface area contributed by atoms with Crippen molar-refractivity contribution in [2.75, 3.05) is 7.11 Å². The molecule has 112 valence electrons. The largest absolute Gasteiger partial charge is 0.497 e. The van der Waals surface area contributed by atoms with E-state index in [9.17, 15) is 9.59 Å². The van der Waals surface area contributed by atoms with Gasteiger partial charge in [0.15, 0.2) is 0 Å². The second-order valence-corrected chi connectivity index (χ2v) is 5.72. The predicted molar refractivity (Wildman–Crippen MR) is 75.8 cm³/mol. The van der Waals surface area contributed by atoms with Crippen molar-refractivity contribution in [3.05, 3.63) is 23.5 Å². The van der Waals surface area contributed by atoms with Crippen LogP contribution in [0.3, 0.4) is 0 Å². The summed E-state index contributed by atoms with van der Waals surface area (Å²) in [6.45, 7) is 2.21. The monoisotopic (exact) mass is 289 g/mol. The van der Waals surface area contributed by atoms with Crippen molar-refractivity contribution < 1.29 is 14.3 Å². The van der Waals surface area contributed by atoms with E-state index in [1.165, 1.54) is 0 Å². The molecule has 1 saturated carbocycles. The first-order valence-electron chi connectivity index (χ1n) is 7.20. The Hall–Kier alpha value is -2.11. The molecule has 1 spiro atoms. The number of urea groups is 1. The summed E-state index contributed by atoms with van der Waals surface area (Å²) in [4.78, 5) is 30.4. The number of ether oxygens (including phenoxy) is 1. The van der Waals surface area contributed by atoms with Crippen LogP contribution in [-0.2, 0) is 11.3 Å². The third-order valence-electron chi connectivity index (χ3n) is 4.37. The van der Waals surface area contributed by atoms with Crippen LogP contribution in [0.5, 0.6) is 5.75 Å². The molecular formula is C15H19N3O3. The molecule has 1 aromatic rings. The van der Waals surface area contributed by atoms with Gasteiger partial charge in [-0.15, -0.1) is 0 Å². The number of methoxy groups -OCH3 is 1. The second kappa shape index (κ2) is 5.02. The van der Waals surface area contributed by atoms with Crippen LogP contribution in [-0.4, -0.2) is 34.5 Å². The zero-order valence-electron chi connectivity index (χ0n) is 12.3. The van der Waals surface area contributed by atoms with Gasteiger partial charge in [0, 0.05) is 17.8 Å². The average Bonchev–Trinajstić information content (AvgIpc) is 3.01. The topological polar surface area (TPSA) is 71.5 Å². The summed E-state index contributed by atoms with van der Waals surface area (Å²) in [6, 6.07) is 3.33. The Bertz CT molecular complexity index is 594. The Kier molecular flexibility index (Phi) is 3.31. The summed E-state index contributed by atoms with van der Waals surface area (Å²) in [5.41, 5.74) is 0.897. The van der Waals surface area contributed by atoms with Gasteiger partial charge in [0.1, 0.15) is 11.3 Å². The van der Waals surface area contributed by atoms with E-state index in [1.807, 2.05) is 19.1 Å². The highest BCUT2D eigenvalue weighted by Crippen LogP contribution is 2.39. The van der Waals surface area contributed by atoms with E-state index >= 15 is 0 Å². The zero-order valence-corrected chi connectivity index (χ0v) is 12.3. The van der Waals surface area contributed by atoms with Gasteiger partial charge in [-0.1, -0.05) is 12.8 Å². The number of carbonyl (C=O) groups is 2. The molecule has 2 fully saturated rings. The Morgan fingerprint density at radius 3 is 2.71 bits per heavy atom. The lowest BCUT2D eigenvalue weighted by Crippen LogP contribution is -2.47. The first kappa shape index (κ1) is 13.9. The molecular weight excluding hydrogens is 270 g/mol. The summed E-state index contributed by atoms with van der Waals surface area (Å²) >= 11 is 0. The predicted octanol–water partition coefficient (Wildman–Crippen LogP) is 1.76. The number of hydrogen-bond acceptors (Lipinski definition) is 4. The molecule has 3 amide bonds. The number of nitrogens with one attached hydrogen (secondary N) is 1. The molecule has 1 saturated heterocycles. The number of nitrogens with zero attached hydrogens (tertiary/aromatic N) is 2. The lowest BCUT2D eigenvalue weighted by Gasteiger charge is -2.31. The van der Waals surface area contributed by atoms with Gasteiger partial charge in [0.2, 0.25) is 0 Å². The van der Waals surface area contributed by atoms with Crippen LogP contribution < -0.4 is 10.1 Å². The minimum absolute atomic E-state index is 0.162. The van der Waals surface area contributed by atoms with Crippen LogP contribution in [0.25, 0.3) is 0 Å². The lowest BCUT2D eigenvalue weighted by molar-refractivity contribution is -0.126. The number of rotatable bonds is 3. The van der Waals surface area contributed by atoms with E-state index in [0.717, 1.165) is 37.1 Å².